The van der Waals surface area contributed by atoms with Gasteiger partial charge < -0.3 is 9.66 Å². The normalized spacial score (nSPS) is 6.86. The van der Waals surface area contributed by atoms with Gasteiger partial charge in [0.2, 0.25) is 0 Å². The molecule has 7 heavy (non-hydrogen) atoms. The first-order valence-corrected chi connectivity index (χ1v) is 3.38. The summed E-state index contributed by atoms with van der Waals surface area (Å²) in [6, 6.07) is 0. The molecule has 0 saturated heterocycles. The summed E-state index contributed by atoms with van der Waals surface area (Å²) >= 11 is -0.611. The van der Waals surface area contributed by atoms with Crippen LogP contribution >= 0.6 is 0 Å². The molecule has 1 radical (unpaired) electrons. The van der Waals surface area contributed by atoms with Gasteiger partial charge in [0, 0.05) is 0 Å². The topological polar surface area (TPSA) is 60.4 Å². The Balaban J connectivity index is 0. The van der Waals surface area contributed by atoms with E-state index in [1.165, 1.54) is 0 Å². The Bertz CT molecular complexity index is 34.4. The van der Waals surface area contributed by atoms with Gasteiger partial charge in [-0.25, -0.2) is 4.79 Å². The molecule has 0 aliphatic heterocycles. The van der Waals surface area contributed by atoms with Crippen molar-refractivity contribution >= 4 is 17.6 Å². The number of rotatable bonds is 0. The summed E-state index contributed by atoms with van der Waals surface area (Å²) in [7, 11) is 0. The Labute approximate surface area is 45.5 Å². The van der Waals surface area contributed by atoms with Crippen LogP contribution in [0.15, 0.2) is 0 Å². The molecular formula is C3H7O3S. The molecule has 0 rings (SSSR count). The summed E-state index contributed by atoms with van der Waals surface area (Å²) in [4.78, 5) is 8.24. The van der Waals surface area contributed by atoms with Crippen LogP contribution in [-0.4, -0.2) is 28.6 Å². The molecule has 0 atom stereocenters. The van der Waals surface area contributed by atoms with E-state index in [1.54, 1.807) is 12.5 Å². The summed E-state index contributed by atoms with van der Waals surface area (Å²) in [5, 5.41) is 6.76. The van der Waals surface area contributed by atoms with Gasteiger partial charge in [-0.05, 0) is 0 Å². The molecule has 0 amide bonds. The fraction of sp³-hybridized carbons (Fsp3) is 0.667. The molecule has 0 bridgehead atoms. The van der Waals surface area contributed by atoms with Gasteiger partial charge in [0.05, 0.1) is 12.5 Å². The van der Waals surface area contributed by atoms with E-state index >= 15 is 0 Å². The molecule has 0 unspecified atom stereocenters. The molecule has 0 aliphatic carbocycles. The van der Waals surface area contributed by atoms with E-state index < -0.39 is 11.2 Å². The van der Waals surface area contributed by atoms with Crippen molar-refractivity contribution in [2.24, 2.45) is 0 Å². The van der Waals surface area contributed by atoms with E-state index in [9.17, 15) is 4.55 Å². The third-order valence-corrected chi connectivity index (χ3v) is 0. The first kappa shape index (κ1) is 9.91. The molecule has 3 nitrogen and oxygen atoms in total. The minimum atomic E-state index is -0.611. The van der Waals surface area contributed by atoms with E-state index in [0.717, 1.165) is 0 Å². The third-order valence-electron chi connectivity index (χ3n) is 0. The highest BCUT2D eigenvalue weighted by Gasteiger charge is 1.66. The summed E-state index contributed by atoms with van der Waals surface area (Å²) in [5.41, 5.74) is 0. The second-order valence-electron chi connectivity index (χ2n) is 0.833. The fourth-order valence-electron chi connectivity index (χ4n) is 0. The van der Waals surface area contributed by atoms with Crippen LogP contribution < -0.4 is 0 Å². The van der Waals surface area contributed by atoms with Gasteiger partial charge in [-0.1, -0.05) is 11.2 Å². The highest BCUT2D eigenvalue weighted by atomic mass is 32.2. The van der Waals surface area contributed by atoms with Crippen molar-refractivity contribution in [3.63, 3.8) is 0 Å². The Kier molecular flexibility index (Phi) is 13.1. The molecule has 43 valence electrons. The van der Waals surface area contributed by atoms with Crippen molar-refractivity contribution in [1.82, 2.24) is 0 Å². The second-order valence-corrected chi connectivity index (χ2v) is 2.32. The lowest BCUT2D eigenvalue weighted by Crippen LogP contribution is -1.86. The summed E-state index contributed by atoms with van der Waals surface area (Å²) in [6.07, 6.45) is 3.28. The van der Waals surface area contributed by atoms with E-state index in [0.29, 0.717) is 6.47 Å². The Hall–Kier alpha value is -0.220. The largest absolute Gasteiger partial charge is 0.617 e. The number of hydrogen-bond donors (Lipinski definition) is 1. The molecule has 0 spiro atoms. The zero-order valence-electron chi connectivity index (χ0n) is 4.17. The molecule has 0 aliphatic rings. The lowest BCUT2D eigenvalue weighted by atomic mass is 11.7. The zero-order valence-corrected chi connectivity index (χ0v) is 4.99. The maximum Gasteiger partial charge on any atom is 0.414 e. The Morgan fingerprint density at radius 2 is 1.71 bits per heavy atom. The van der Waals surface area contributed by atoms with Crippen LogP contribution in [0.1, 0.15) is 0 Å². The molecular weight excluding hydrogens is 116 g/mol. The number of aliphatic hydroxyl groups excluding tert-OH is 1. The summed E-state index contributed by atoms with van der Waals surface area (Å²) in [5.74, 6) is 0. The molecule has 4 heteroatoms. The van der Waals surface area contributed by atoms with Crippen LogP contribution in [0.2, 0.25) is 0 Å². The molecule has 1 N–H and O–H groups in total. The summed E-state index contributed by atoms with van der Waals surface area (Å²) < 4.78 is 9.56. The van der Waals surface area contributed by atoms with Crippen molar-refractivity contribution in [1.29, 1.82) is 0 Å². The van der Waals surface area contributed by atoms with Gasteiger partial charge in [-0.2, -0.15) is 0 Å². The van der Waals surface area contributed by atoms with Crippen molar-refractivity contribution in [3.8, 4) is 0 Å². The van der Waals surface area contributed by atoms with E-state index in [2.05, 4.69) is 0 Å². The molecule has 0 saturated carbocycles. The van der Waals surface area contributed by atoms with Gasteiger partial charge in [0.25, 0.3) is 0 Å². The highest BCUT2D eigenvalue weighted by Crippen LogP contribution is 1.61. The first-order chi connectivity index (χ1) is 3.15. The van der Waals surface area contributed by atoms with Crippen LogP contribution in [0.5, 0.6) is 0 Å². The minimum absolute atomic E-state index is 0.500. The Morgan fingerprint density at radius 3 is 1.71 bits per heavy atom. The lowest BCUT2D eigenvalue weighted by molar-refractivity contribution is 0.437. The molecule has 0 aromatic heterocycles. The van der Waals surface area contributed by atoms with Crippen molar-refractivity contribution < 1.29 is 14.5 Å². The van der Waals surface area contributed by atoms with E-state index in [4.69, 9.17) is 9.90 Å². The van der Waals surface area contributed by atoms with E-state index in [1.807, 2.05) is 0 Å². The maximum absolute atomic E-state index is 9.56. The highest BCUT2D eigenvalue weighted by molar-refractivity contribution is 7.89. The van der Waals surface area contributed by atoms with Gasteiger partial charge in [-0.3, -0.25) is 0 Å². The van der Waals surface area contributed by atoms with Crippen molar-refractivity contribution in [2.75, 3.05) is 12.5 Å². The first-order valence-electron chi connectivity index (χ1n) is 1.41. The predicted octanol–water partition coefficient (Wildman–Crippen LogP) is -0.394. The van der Waals surface area contributed by atoms with Gasteiger partial charge >= 0.3 is 6.47 Å². The standard InChI is InChI=1S/C2H6OS.CHO2/c1-4(2)3;2-1-3/h1-2H3;(H,2,3). The fourth-order valence-corrected chi connectivity index (χ4v) is 0. The lowest BCUT2D eigenvalue weighted by Gasteiger charge is -1.87. The molecule has 0 fully saturated rings. The van der Waals surface area contributed by atoms with Crippen LogP contribution in [-0.2, 0) is 16.0 Å². The van der Waals surface area contributed by atoms with Crippen LogP contribution in [0.4, 0.5) is 0 Å². The Morgan fingerprint density at radius 1 is 1.71 bits per heavy atom. The monoisotopic (exact) mass is 123 g/mol. The summed E-state index contributed by atoms with van der Waals surface area (Å²) in [6.45, 7) is 0.500. The average molecular weight is 123 g/mol. The number of hydrogen-bond acceptors (Lipinski definition) is 2. The maximum atomic E-state index is 9.56. The van der Waals surface area contributed by atoms with Crippen LogP contribution in [0.3, 0.4) is 0 Å². The molecule has 0 aromatic carbocycles. The van der Waals surface area contributed by atoms with Gasteiger partial charge in [-0.15, -0.1) is 0 Å². The average Bonchev–Trinajstić information content (AvgIpc) is 1.33. The predicted molar refractivity (Wildman–Crippen MR) is 28.3 cm³/mol. The zero-order chi connectivity index (χ0) is 6.28. The van der Waals surface area contributed by atoms with Gasteiger partial charge in [0.15, 0.2) is 0 Å². The molecule has 0 aromatic rings. The quantitative estimate of drug-likeness (QED) is 0.446. The molecule has 0 heterocycles. The van der Waals surface area contributed by atoms with Gasteiger partial charge in [0.1, 0.15) is 0 Å². The minimum Gasteiger partial charge on any atom is -0.617 e. The second kappa shape index (κ2) is 9.24. The SMILES string of the molecule is C[S+](C)[O-].O=[C]O. The van der Waals surface area contributed by atoms with Crippen molar-refractivity contribution in [2.45, 2.75) is 0 Å². The van der Waals surface area contributed by atoms with Crippen LogP contribution in [0, 0.1) is 0 Å². The smallest absolute Gasteiger partial charge is 0.414 e. The third kappa shape index (κ3) is 1710. The van der Waals surface area contributed by atoms with Crippen LogP contribution in [0.25, 0.3) is 0 Å². The van der Waals surface area contributed by atoms with E-state index in [-0.39, 0.29) is 0 Å². The van der Waals surface area contributed by atoms with Crippen molar-refractivity contribution in [3.05, 3.63) is 0 Å².